The van der Waals surface area contributed by atoms with E-state index >= 15 is 0 Å². The fourth-order valence-electron chi connectivity index (χ4n) is 4.92. The Morgan fingerprint density at radius 3 is 2.72 bits per heavy atom. The van der Waals surface area contributed by atoms with E-state index in [1.54, 1.807) is 0 Å². The molecule has 1 saturated heterocycles. The van der Waals surface area contributed by atoms with E-state index in [0.717, 1.165) is 37.5 Å². The van der Waals surface area contributed by atoms with E-state index in [4.69, 9.17) is 0 Å². The molecule has 4 rings (SSSR count). The van der Waals surface area contributed by atoms with Crippen LogP contribution in [0.4, 0.5) is 0 Å². The minimum atomic E-state index is 0.119. The second-order valence-corrected chi connectivity index (χ2v) is 8.16. The third-order valence-electron chi connectivity index (χ3n) is 6.35. The third-order valence-corrected chi connectivity index (χ3v) is 6.35. The first kappa shape index (κ1) is 16.8. The fourth-order valence-corrected chi connectivity index (χ4v) is 4.92. The molecule has 1 aromatic rings. The number of nitrogens with zero attached hydrogens (tertiary/aromatic N) is 1. The predicted molar refractivity (Wildman–Crippen MR) is 101 cm³/mol. The Balaban J connectivity index is 1.45. The molecule has 0 bridgehead atoms. The van der Waals surface area contributed by atoms with Crippen LogP contribution < -0.4 is 5.32 Å². The maximum Gasteiger partial charge on any atom is 0.224 e. The maximum absolute atomic E-state index is 11.5. The summed E-state index contributed by atoms with van der Waals surface area (Å²) in [5.74, 6) is 1.01. The van der Waals surface area contributed by atoms with Crippen molar-refractivity contribution in [2.24, 2.45) is 5.92 Å². The van der Waals surface area contributed by atoms with Gasteiger partial charge in [-0.1, -0.05) is 56.9 Å². The topological polar surface area (TPSA) is 32.3 Å². The van der Waals surface area contributed by atoms with Crippen molar-refractivity contribution >= 4 is 5.91 Å². The highest BCUT2D eigenvalue weighted by Crippen LogP contribution is 2.30. The van der Waals surface area contributed by atoms with Crippen molar-refractivity contribution in [3.05, 3.63) is 47.2 Å². The molecule has 1 aliphatic carbocycles. The van der Waals surface area contributed by atoms with Gasteiger partial charge in [-0.15, -0.1) is 0 Å². The molecule has 1 amide bonds. The number of nitrogens with one attached hydrogen (secondary N) is 1. The molecule has 3 nitrogen and oxygen atoms in total. The smallest absolute Gasteiger partial charge is 0.224 e. The second kappa shape index (κ2) is 7.33. The minimum absolute atomic E-state index is 0.119. The highest BCUT2D eigenvalue weighted by Gasteiger charge is 2.29. The number of carbonyl (C=O) groups excluding carboxylic acids is 1. The molecule has 25 heavy (non-hydrogen) atoms. The van der Waals surface area contributed by atoms with Crippen LogP contribution in [0.5, 0.6) is 0 Å². The van der Waals surface area contributed by atoms with Crippen molar-refractivity contribution in [3.63, 3.8) is 0 Å². The first-order valence-electron chi connectivity index (χ1n) is 10.0. The normalized spacial score (nSPS) is 25.5. The summed E-state index contributed by atoms with van der Waals surface area (Å²) in [4.78, 5) is 14.1. The summed E-state index contributed by atoms with van der Waals surface area (Å²) in [6, 6.07) is 7.48. The van der Waals surface area contributed by atoms with Crippen LogP contribution in [0.25, 0.3) is 0 Å². The van der Waals surface area contributed by atoms with Gasteiger partial charge in [0.15, 0.2) is 0 Å². The number of rotatable bonds is 3. The van der Waals surface area contributed by atoms with Gasteiger partial charge in [0.05, 0.1) is 6.04 Å². The van der Waals surface area contributed by atoms with Gasteiger partial charge in [-0.25, -0.2) is 0 Å². The van der Waals surface area contributed by atoms with E-state index in [1.165, 1.54) is 55.2 Å². The molecule has 3 aliphatic rings. The molecule has 2 fully saturated rings. The lowest BCUT2D eigenvalue weighted by Crippen LogP contribution is -2.47. The fraction of sp³-hybridized carbons (Fsp3) is 0.591. The highest BCUT2D eigenvalue weighted by molar-refractivity contribution is 5.79. The van der Waals surface area contributed by atoms with Crippen LogP contribution in [0.3, 0.4) is 0 Å². The summed E-state index contributed by atoms with van der Waals surface area (Å²) < 4.78 is 0. The average molecular weight is 338 g/mol. The molecule has 1 N–H and O–H groups in total. The first-order chi connectivity index (χ1) is 12.2. The van der Waals surface area contributed by atoms with Crippen molar-refractivity contribution in [1.82, 2.24) is 10.2 Å². The molecule has 1 atom stereocenters. The van der Waals surface area contributed by atoms with Crippen LogP contribution in [0.15, 0.2) is 30.5 Å². The van der Waals surface area contributed by atoms with Gasteiger partial charge >= 0.3 is 0 Å². The van der Waals surface area contributed by atoms with Crippen LogP contribution in [0, 0.1) is 5.92 Å². The summed E-state index contributed by atoms with van der Waals surface area (Å²) in [6.45, 7) is 6.16. The van der Waals surface area contributed by atoms with Gasteiger partial charge in [0.25, 0.3) is 0 Å². The molecule has 1 aromatic carbocycles. The largest absolute Gasteiger partial charge is 0.329 e. The monoisotopic (exact) mass is 338 g/mol. The quantitative estimate of drug-likeness (QED) is 0.905. The minimum Gasteiger partial charge on any atom is -0.329 e. The van der Waals surface area contributed by atoms with E-state index < -0.39 is 0 Å². The third kappa shape index (κ3) is 3.82. The number of hydrogen-bond donors (Lipinski definition) is 1. The van der Waals surface area contributed by atoms with Crippen molar-refractivity contribution in [1.29, 1.82) is 0 Å². The Kier molecular flexibility index (Phi) is 4.93. The molecule has 0 radical (unpaired) electrons. The zero-order chi connectivity index (χ0) is 17.2. The van der Waals surface area contributed by atoms with E-state index in [9.17, 15) is 4.79 Å². The molecule has 3 heteroatoms. The molecule has 0 aromatic heterocycles. The summed E-state index contributed by atoms with van der Waals surface area (Å²) in [5, 5.41) is 2.94. The molecule has 2 heterocycles. The number of fused-ring (bicyclic) bond motifs is 1. The SMILES string of the molecule is C=C1NC(=O)CCC1N1CCc2ccc(CC3CCCCC3)cc2C1. The highest BCUT2D eigenvalue weighted by atomic mass is 16.1. The first-order valence-corrected chi connectivity index (χ1v) is 10.0. The van der Waals surface area contributed by atoms with Gasteiger partial charge in [-0.05, 0) is 41.9 Å². The number of piperidine rings is 1. The Morgan fingerprint density at radius 1 is 1.08 bits per heavy atom. The van der Waals surface area contributed by atoms with Gasteiger partial charge in [-0.2, -0.15) is 0 Å². The van der Waals surface area contributed by atoms with Gasteiger partial charge in [-0.3, -0.25) is 9.69 Å². The van der Waals surface area contributed by atoms with Crippen LogP contribution in [-0.4, -0.2) is 23.4 Å². The van der Waals surface area contributed by atoms with Crippen molar-refractivity contribution in [2.75, 3.05) is 6.54 Å². The molecule has 2 aliphatic heterocycles. The van der Waals surface area contributed by atoms with Crippen LogP contribution in [0.1, 0.15) is 61.6 Å². The molecular weight excluding hydrogens is 308 g/mol. The number of benzene rings is 1. The van der Waals surface area contributed by atoms with Crippen molar-refractivity contribution < 1.29 is 4.79 Å². The van der Waals surface area contributed by atoms with Crippen LogP contribution in [0.2, 0.25) is 0 Å². The zero-order valence-corrected chi connectivity index (χ0v) is 15.2. The molecular formula is C22H30N2O. The molecule has 1 unspecified atom stereocenters. The van der Waals surface area contributed by atoms with Gasteiger partial charge in [0, 0.05) is 25.2 Å². The summed E-state index contributed by atoms with van der Waals surface area (Å²) in [5.41, 5.74) is 5.40. The van der Waals surface area contributed by atoms with Gasteiger partial charge in [0.2, 0.25) is 5.91 Å². The molecule has 1 saturated carbocycles. The average Bonchev–Trinajstić information content (AvgIpc) is 2.62. The number of amides is 1. The van der Waals surface area contributed by atoms with Crippen molar-refractivity contribution in [3.8, 4) is 0 Å². The van der Waals surface area contributed by atoms with Crippen LogP contribution in [-0.2, 0) is 24.2 Å². The lowest BCUT2D eigenvalue weighted by molar-refractivity contribution is -0.122. The number of carbonyl (C=O) groups is 1. The lowest BCUT2D eigenvalue weighted by Gasteiger charge is -2.38. The van der Waals surface area contributed by atoms with E-state index in [0.29, 0.717) is 12.5 Å². The van der Waals surface area contributed by atoms with E-state index in [2.05, 4.69) is 35.0 Å². The second-order valence-electron chi connectivity index (χ2n) is 8.16. The number of hydrogen-bond acceptors (Lipinski definition) is 2. The predicted octanol–water partition coefficient (Wildman–Crippen LogP) is 3.96. The molecule has 0 spiro atoms. The summed E-state index contributed by atoms with van der Waals surface area (Å²) in [7, 11) is 0. The van der Waals surface area contributed by atoms with E-state index in [1.807, 2.05) is 0 Å². The Morgan fingerprint density at radius 2 is 1.92 bits per heavy atom. The Bertz CT molecular complexity index is 660. The van der Waals surface area contributed by atoms with Crippen LogP contribution >= 0.6 is 0 Å². The Labute approximate surface area is 151 Å². The standard InChI is InChI=1S/C22H30N2O/c1-16-21(9-10-22(25)23-16)24-12-11-19-8-7-18(14-20(19)15-24)13-17-5-3-2-4-6-17/h7-8,14,17,21H,1-6,9-13,15H2,(H,23,25). The molecule has 134 valence electrons. The van der Waals surface area contributed by atoms with E-state index in [-0.39, 0.29) is 5.91 Å². The van der Waals surface area contributed by atoms with Gasteiger partial charge < -0.3 is 5.32 Å². The Hall–Kier alpha value is -1.61. The lowest BCUT2D eigenvalue weighted by atomic mass is 9.84. The maximum atomic E-state index is 11.5. The van der Waals surface area contributed by atoms with Crippen molar-refractivity contribution in [2.45, 2.75) is 70.4 Å². The zero-order valence-electron chi connectivity index (χ0n) is 15.2. The summed E-state index contributed by atoms with van der Waals surface area (Å²) >= 11 is 0. The van der Waals surface area contributed by atoms with Gasteiger partial charge in [0.1, 0.15) is 0 Å². The summed E-state index contributed by atoms with van der Waals surface area (Å²) in [6.07, 6.45) is 11.0.